The first-order valence-corrected chi connectivity index (χ1v) is 4.03. The molecule has 0 rings (SSSR count). The smallest absolute Gasteiger partial charge is 0.374 e. The van der Waals surface area contributed by atoms with Crippen molar-refractivity contribution in [1.82, 2.24) is 0 Å². The monoisotopic (exact) mass is 173 g/mol. The molecule has 0 amide bonds. The number of carbonyl (C=O) groups excluding carboxylic acids is 2. The van der Waals surface area contributed by atoms with E-state index in [1.807, 2.05) is 0 Å². The molecule has 0 bridgehead atoms. The Kier molecular flexibility index (Phi) is 3.77. The molecule has 0 saturated carbocycles. The van der Waals surface area contributed by atoms with E-state index < -0.39 is 18.1 Å². The summed E-state index contributed by atoms with van der Waals surface area (Å²) in [5, 5.41) is 0. The van der Waals surface area contributed by atoms with E-state index in [1.54, 1.807) is 27.7 Å². The molecule has 12 heavy (non-hydrogen) atoms. The van der Waals surface area contributed by atoms with Gasteiger partial charge < -0.3 is 4.74 Å². The Morgan fingerprint density at radius 1 is 1.33 bits per heavy atom. The summed E-state index contributed by atoms with van der Waals surface area (Å²) in [5.41, 5.74) is 0. The van der Waals surface area contributed by atoms with Crippen LogP contribution in [-0.4, -0.2) is 17.9 Å². The third kappa shape index (κ3) is 4.88. The van der Waals surface area contributed by atoms with Crippen LogP contribution >= 0.6 is 0 Å². The Bertz CT molecular complexity index is 199. The predicted molar refractivity (Wildman–Crippen MR) is 45.7 cm³/mol. The largest absolute Gasteiger partial charge is 0.457 e. The number of hydrogen-bond acceptors (Lipinski definition) is 3. The van der Waals surface area contributed by atoms with Crippen LogP contribution in [0.3, 0.4) is 0 Å². The Morgan fingerprint density at radius 3 is 2.17 bits per heavy atom. The van der Waals surface area contributed by atoms with Gasteiger partial charge in [0.15, 0.2) is 0 Å². The molecular formula is C9H16O3. The van der Waals surface area contributed by atoms with E-state index >= 15 is 0 Å². The number of carbonyl (C=O) groups is 2. The molecule has 0 aromatic carbocycles. The standard InChI is InChI=1S/C9H16O3/c1-6(2)5-8(10)9(11)12-7(3)4/h6-7H,5H2,1-4H3/i5D. The zero-order valence-electron chi connectivity index (χ0n) is 8.96. The van der Waals surface area contributed by atoms with Crippen molar-refractivity contribution in [3.8, 4) is 0 Å². The molecule has 0 aliphatic heterocycles. The summed E-state index contributed by atoms with van der Waals surface area (Å²) in [7, 11) is 0. The van der Waals surface area contributed by atoms with Crippen LogP contribution in [0.25, 0.3) is 0 Å². The molecule has 3 heteroatoms. The van der Waals surface area contributed by atoms with Crippen LogP contribution in [0.5, 0.6) is 0 Å². The molecule has 0 aromatic rings. The van der Waals surface area contributed by atoms with Crippen molar-refractivity contribution >= 4 is 11.8 Å². The fourth-order valence-electron chi connectivity index (χ4n) is 0.643. The Labute approximate surface area is 74.5 Å². The number of rotatable bonds is 4. The summed E-state index contributed by atoms with van der Waals surface area (Å²) < 4.78 is 12.0. The molecule has 70 valence electrons. The normalized spacial score (nSPS) is 14.3. The Morgan fingerprint density at radius 2 is 1.83 bits per heavy atom. The van der Waals surface area contributed by atoms with Crippen molar-refractivity contribution < 1.29 is 15.7 Å². The van der Waals surface area contributed by atoms with Gasteiger partial charge in [-0.1, -0.05) is 13.8 Å². The second-order valence-electron chi connectivity index (χ2n) is 3.23. The van der Waals surface area contributed by atoms with Crippen molar-refractivity contribution in [2.75, 3.05) is 0 Å². The van der Waals surface area contributed by atoms with E-state index in [2.05, 4.69) is 4.74 Å². The second kappa shape index (κ2) is 4.91. The molecule has 0 spiro atoms. The van der Waals surface area contributed by atoms with Gasteiger partial charge in [0, 0.05) is 7.77 Å². The fourth-order valence-corrected chi connectivity index (χ4v) is 0.643. The molecule has 0 aromatic heterocycles. The molecule has 1 unspecified atom stereocenters. The van der Waals surface area contributed by atoms with Crippen LogP contribution in [-0.2, 0) is 14.3 Å². The molecule has 0 fully saturated rings. The van der Waals surface area contributed by atoms with Gasteiger partial charge in [-0.25, -0.2) is 4.79 Å². The number of ketones is 1. The molecule has 0 N–H and O–H groups in total. The summed E-state index contributed by atoms with van der Waals surface area (Å²) in [6.07, 6.45) is -1.32. The van der Waals surface area contributed by atoms with E-state index in [0.29, 0.717) is 0 Å². The predicted octanol–water partition coefficient (Wildman–Crippen LogP) is 1.55. The molecular weight excluding hydrogens is 156 g/mol. The lowest BCUT2D eigenvalue weighted by Gasteiger charge is -2.07. The first kappa shape index (κ1) is 9.23. The number of esters is 1. The van der Waals surface area contributed by atoms with Crippen molar-refractivity contribution in [1.29, 1.82) is 0 Å². The van der Waals surface area contributed by atoms with E-state index in [1.165, 1.54) is 0 Å². The van der Waals surface area contributed by atoms with Crippen LogP contribution in [0.15, 0.2) is 0 Å². The maximum absolute atomic E-state index is 11.2. The van der Waals surface area contributed by atoms with Gasteiger partial charge in [-0.15, -0.1) is 0 Å². The summed E-state index contributed by atoms with van der Waals surface area (Å²) in [4.78, 5) is 22.2. The van der Waals surface area contributed by atoms with Gasteiger partial charge in [-0.05, 0) is 19.8 Å². The zero-order valence-corrected chi connectivity index (χ0v) is 7.96. The van der Waals surface area contributed by atoms with E-state index in [-0.39, 0.29) is 12.0 Å². The third-order valence-electron chi connectivity index (χ3n) is 1.03. The molecule has 0 saturated heterocycles. The molecule has 0 heterocycles. The first-order chi connectivity index (χ1) is 5.86. The van der Waals surface area contributed by atoms with Crippen LogP contribution in [0.4, 0.5) is 0 Å². The highest BCUT2D eigenvalue weighted by Gasteiger charge is 2.17. The molecule has 0 aliphatic rings. The lowest BCUT2D eigenvalue weighted by atomic mass is 10.1. The van der Waals surface area contributed by atoms with Crippen LogP contribution in [0.1, 0.15) is 35.5 Å². The Hall–Kier alpha value is -0.860. The molecule has 0 aliphatic carbocycles. The minimum Gasteiger partial charge on any atom is -0.457 e. The van der Waals surface area contributed by atoms with Gasteiger partial charge in [-0.3, -0.25) is 4.79 Å². The summed E-state index contributed by atoms with van der Waals surface area (Å²) in [6, 6.07) is 0. The number of ether oxygens (including phenoxy) is 1. The minimum absolute atomic E-state index is 0.160. The lowest BCUT2D eigenvalue weighted by molar-refractivity contribution is -0.157. The minimum atomic E-state index is -1.01. The molecule has 0 radical (unpaired) electrons. The first-order valence-electron chi connectivity index (χ1n) is 4.61. The summed E-state index contributed by atoms with van der Waals surface area (Å²) in [5.74, 6) is -1.82. The van der Waals surface area contributed by atoms with Crippen LogP contribution in [0, 0.1) is 5.92 Å². The van der Waals surface area contributed by atoms with Gasteiger partial charge in [-0.2, -0.15) is 0 Å². The number of hydrogen-bond donors (Lipinski definition) is 0. The average Bonchev–Trinajstić information content (AvgIpc) is 2.00. The highest BCUT2D eigenvalue weighted by Crippen LogP contribution is 2.02. The van der Waals surface area contributed by atoms with Crippen molar-refractivity contribution in [3.05, 3.63) is 0 Å². The Balaban J connectivity index is 4.18. The van der Waals surface area contributed by atoms with Gasteiger partial charge in [0.1, 0.15) is 0 Å². The van der Waals surface area contributed by atoms with Crippen LogP contribution in [0.2, 0.25) is 0 Å². The zero-order chi connectivity index (χ0) is 10.6. The topological polar surface area (TPSA) is 43.4 Å². The van der Waals surface area contributed by atoms with Crippen molar-refractivity contribution in [2.45, 2.75) is 40.2 Å². The maximum Gasteiger partial charge on any atom is 0.374 e. The quantitative estimate of drug-likeness (QED) is 0.478. The maximum atomic E-state index is 11.2. The number of Topliss-reactive ketones (excluding diaryl/α,β-unsaturated/α-hetero) is 1. The van der Waals surface area contributed by atoms with E-state index in [4.69, 9.17) is 1.37 Å². The van der Waals surface area contributed by atoms with Gasteiger partial charge in [0.05, 0.1) is 6.10 Å². The van der Waals surface area contributed by atoms with Gasteiger partial charge in [0.25, 0.3) is 0 Å². The second-order valence-corrected chi connectivity index (χ2v) is 3.23. The van der Waals surface area contributed by atoms with E-state index in [0.717, 1.165) is 0 Å². The highest BCUT2D eigenvalue weighted by molar-refractivity contribution is 6.33. The van der Waals surface area contributed by atoms with Gasteiger partial charge >= 0.3 is 5.97 Å². The summed E-state index contributed by atoms with van der Waals surface area (Å²) >= 11 is 0. The van der Waals surface area contributed by atoms with E-state index in [9.17, 15) is 9.59 Å². The van der Waals surface area contributed by atoms with Gasteiger partial charge in [0.2, 0.25) is 5.78 Å². The average molecular weight is 173 g/mol. The van der Waals surface area contributed by atoms with Crippen molar-refractivity contribution in [2.24, 2.45) is 5.92 Å². The van der Waals surface area contributed by atoms with Crippen LogP contribution < -0.4 is 0 Å². The third-order valence-corrected chi connectivity index (χ3v) is 1.03. The molecule has 3 nitrogen and oxygen atoms in total. The molecule has 1 atom stereocenters. The lowest BCUT2D eigenvalue weighted by Crippen LogP contribution is -2.22. The van der Waals surface area contributed by atoms with Crippen molar-refractivity contribution in [3.63, 3.8) is 0 Å². The fraction of sp³-hybridized carbons (Fsp3) is 0.778. The SMILES string of the molecule is [2H]C(C(=O)C(=O)OC(C)C)C(C)C. The summed E-state index contributed by atoms with van der Waals surface area (Å²) in [6.45, 7) is 6.77. The highest BCUT2D eigenvalue weighted by atomic mass is 16.5.